The van der Waals surface area contributed by atoms with Gasteiger partial charge >= 0.3 is 0 Å². The largest absolute Gasteiger partial charge is 0.487 e. The Morgan fingerprint density at radius 2 is 2.21 bits per heavy atom. The molecular formula is C11H12F2O. The van der Waals surface area contributed by atoms with Gasteiger partial charge in [0.25, 0.3) is 0 Å². The molecule has 0 N–H and O–H groups in total. The van der Waals surface area contributed by atoms with Crippen molar-refractivity contribution in [2.24, 2.45) is 0 Å². The lowest BCUT2D eigenvalue weighted by Gasteiger charge is -2.25. The zero-order chi connectivity index (χ0) is 10.1. The summed E-state index contributed by atoms with van der Waals surface area (Å²) >= 11 is 0. The average molecular weight is 198 g/mol. The van der Waals surface area contributed by atoms with Gasteiger partial charge in [0.1, 0.15) is 0 Å². The van der Waals surface area contributed by atoms with Gasteiger partial charge in [-0.3, -0.25) is 0 Å². The Morgan fingerprint density at radius 1 is 1.43 bits per heavy atom. The summed E-state index contributed by atoms with van der Waals surface area (Å²) in [6.07, 6.45) is 2.51. The molecule has 1 aromatic carbocycles. The highest BCUT2D eigenvalue weighted by molar-refractivity contribution is 5.37. The molecule has 2 rings (SSSR count). The Morgan fingerprint density at radius 3 is 2.93 bits per heavy atom. The van der Waals surface area contributed by atoms with E-state index in [4.69, 9.17) is 4.74 Å². The maximum atomic E-state index is 13.3. The topological polar surface area (TPSA) is 9.23 Å². The van der Waals surface area contributed by atoms with Gasteiger partial charge in [-0.05, 0) is 30.9 Å². The quantitative estimate of drug-likeness (QED) is 0.673. The van der Waals surface area contributed by atoms with Gasteiger partial charge in [-0.25, -0.2) is 4.39 Å². The highest BCUT2D eigenvalue weighted by atomic mass is 19.2. The van der Waals surface area contributed by atoms with Crippen LogP contribution in [0.15, 0.2) is 12.1 Å². The number of aryl methyl sites for hydroxylation is 1. The van der Waals surface area contributed by atoms with E-state index in [1.165, 1.54) is 0 Å². The summed E-state index contributed by atoms with van der Waals surface area (Å²) in [5, 5.41) is 0. The third-order valence-electron chi connectivity index (χ3n) is 2.61. The molecule has 0 fully saturated rings. The van der Waals surface area contributed by atoms with Crippen LogP contribution < -0.4 is 4.74 Å². The van der Waals surface area contributed by atoms with Crippen molar-refractivity contribution in [3.05, 3.63) is 29.3 Å². The zero-order valence-corrected chi connectivity index (χ0v) is 8.02. The lowest BCUT2D eigenvalue weighted by Crippen LogP contribution is -2.22. The van der Waals surface area contributed by atoms with Gasteiger partial charge in [-0.15, -0.1) is 0 Å². The summed E-state index contributed by atoms with van der Waals surface area (Å²) < 4.78 is 31.6. The molecule has 0 aromatic heterocycles. The lowest BCUT2D eigenvalue weighted by molar-refractivity contribution is 0.159. The second-order valence-corrected chi connectivity index (χ2v) is 3.54. The predicted octanol–water partition coefficient (Wildman–Crippen LogP) is 3.07. The maximum Gasteiger partial charge on any atom is 0.200 e. The molecule has 0 spiro atoms. The van der Waals surface area contributed by atoms with E-state index in [-0.39, 0.29) is 11.9 Å². The summed E-state index contributed by atoms with van der Waals surface area (Å²) in [6.45, 7) is 1.98. The van der Waals surface area contributed by atoms with Crippen LogP contribution >= 0.6 is 0 Å². The van der Waals surface area contributed by atoms with Gasteiger partial charge in [0, 0.05) is 0 Å². The van der Waals surface area contributed by atoms with Crippen molar-refractivity contribution in [1.29, 1.82) is 0 Å². The third kappa shape index (κ3) is 1.47. The molecule has 1 aliphatic heterocycles. The van der Waals surface area contributed by atoms with Crippen LogP contribution in [0.3, 0.4) is 0 Å². The third-order valence-corrected chi connectivity index (χ3v) is 2.61. The Labute approximate surface area is 81.7 Å². The molecule has 1 heterocycles. The van der Waals surface area contributed by atoms with Crippen molar-refractivity contribution in [3.8, 4) is 5.75 Å². The number of fused-ring (bicyclic) bond motifs is 1. The fourth-order valence-electron chi connectivity index (χ4n) is 1.73. The minimum atomic E-state index is -0.847. The molecule has 0 saturated carbocycles. The Kier molecular flexibility index (Phi) is 2.40. The van der Waals surface area contributed by atoms with Crippen molar-refractivity contribution in [3.63, 3.8) is 0 Å². The first-order chi connectivity index (χ1) is 6.72. The van der Waals surface area contributed by atoms with Crippen molar-refractivity contribution < 1.29 is 13.5 Å². The highest BCUT2D eigenvalue weighted by Crippen LogP contribution is 2.32. The van der Waals surface area contributed by atoms with Crippen LogP contribution in [-0.4, -0.2) is 6.10 Å². The molecule has 1 aliphatic rings. The molecule has 76 valence electrons. The van der Waals surface area contributed by atoms with E-state index in [0.717, 1.165) is 30.9 Å². The monoisotopic (exact) mass is 198 g/mol. The number of rotatable bonds is 1. The van der Waals surface area contributed by atoms with Crippen LogP contribution in [-0.2, 0) is 6.42 Å². The van der Waals surface area contributed by atoms with Gasteiger partial charge in [0.15, 0.2) is 11.6 Å². The predicted molar refractivity (Wildman–Crippen MR) is 49.4 cm³/mol. The average Bonchev–Trinajstić information content (AvgIpc) is 2.23. The molecule has 0 bridgehead atoms. The van der Waals surface area contributed by atoms with Gasteiger partial charge in [0.2, 0.25) is 5.82 Å². The van der Waals surface area contributed by atoms with E-state index in [1.807, 2.05) is 6.92 Å². The SMILES string of the molecule is CCC1CCc2ccc(F)c(F)c2O1. The molecule has 1 unspecified atom stereocenters. The van der Waals surface area contributed by atoms with Gasteiger partial charge in [0.05, 0.1) is 6.10 Å². The maximum absolute atomic E-state index is 13.3. The molecule has 1 atom stereocenters. The molecule has 1 aromatic rings. The smallest absolute Gasteiger partial charge is 0.200 e. The van der Waals surface area contributed by atoms with E-state index in [9.17, 15) is 8.78 Å². The van der Waals surface area contributed by atoms with E-state index < -0.39 is 11.6 Å². The Bertz CT molecular complexity index is 349. The van der Waals surface area contributed by atoms with Crippen molar-refractivity contribution in [1.82, 2.24) is 0 Å². The first kappa shape index (κ1) is 9.44. The summed E-state index contributed by atoms with van der Waals surface area (Å²) in [5.74, 6) is -1.57. The van der Waals surface area contributed by atoms with Crippen molar-refractivity contribution in [2.75, 3.05) is 0 Å². The van der Waals surface area contributed by atoms with Crippen LogP contribution in [0, 0.1) is 11.6 Å². The van der Waals surface area contributed by atoms with Crippen LogP contribution in [0.25, 0.3) is 0 Å². The molecule has 0 saturated heterocycles. The molecule has 0 radical (unpaired) electrons. The second kappa shape index (κ2) is 3.56. The molecule has 14 heavy (non-hydrogen) atoms. The summed E-state index contributed by atoms with van der Waals surface area (Å²) in [5.41, 5.74) is 0.772. The minimum Gasteiger partial charge on any atom is -0.487 e. The van der Waals surface area contributed by atoms with Crippen molar-refractivity contribution >= 4 is 0 Å². The molecule has 1 nitrogen and oxygen atoms in total. The summed E-state index contributed by atoms with van der Waals surface area (Å²) in [4.78, 5) is 0. The van der Waals surface area contributed by atoms with Crippen LogP contribution in [0.1, 0.15) is 25.3 Å². The fraction of sp³-hybridized carbons (Fsp3) is 0.455. The van der Waals surface area contributed by atoms with Crippen LogP contribution in [0.5, 0.6) is 5.75 Å². The number of benzene rings is 1. The van der Waals surface area contributed by atoms with E-state index in [1.54, 1.807) is 6.07 Å². The van der Waals surface area contributed by atoms with Gasteiger partial charge in [-0.2, -0.15) is 4.39 Å². The number of hydrogen-bond acceptors (Lipinski definition) is 1. The number of hydrogen-bond donors (Lipinski definition) is 0. The Hall–Kier alpha value is -1.12. The molecule has 3 heteroatoms. The second-order valence-electron chi connectivity index (χ2n) is 3.54. The van der Waals surface area contributed by atoms with E-state index in [2.05, 4.69) is 0 Å². The Balaban J connectivity index is 2.38. The highest BCUT2D eigenvalue weighted by Gasteiger charge is 2.23. The van der Waals surface area contributed by atoms with Crippen LogP contribution in [0.2, 0.25) is 0 Å². The fourth-order valence-corrected chi connectivity index (χ4v) is 1.73. The van der Waals surface area contributed by atoms with E-state index >= 15 is 0 Å². The number of ether oxygens (including phenoxy) is 1. The van der Waals surface area contributed by atoms with Gasteiger partial charge in [-0.1, -0.05) is 13.0 Å². The summed E-state index contributed by atoms with van der Waals surface area (Å²) in [6, 6.07) is 2.75. The normalized spacial score (nSPS) is 20.1. The lowest BCUT2D eigenvalue weighted by atomic mass is 10.0. The summed E-state index contributed by atoms with van der Waals surface area (Å²) in [7, 11) is 0. The first-order valence-electron chi connectivity index (χ1n) is 4.86. The van der Waals surface area contributed by atoms with Crippen molar-refractivity contribution in [2.45, 2.75) is 32.3 Å². The van der Waals surface area contributed by atoms with Gasteiger partial charge < -0.3 is 4.74 Å². The number of halogens is 2. The van der Waals surface area contributed by atoms with Crippen LogP contribution in [0.4, 0.5) is 8.78 Å². The molecule has 0 aliphatic carbocycles. The van der Waals surface area contributed by atoms with E-state index in [0.29, 0.717) is 0 Å². The zero-order valence-electron chi connectivity index (χ0n) is 8.02. The minimum absolute atomic E-state index is 0.0267. The molecule has 0 amide bonds. The first-order valence-corrected chi connectivity index (χ1v) is 4.86. The standard InChI is InChI=1S/C11H12F2O/c1-2-8-5-3-7-4-6-9(12)10(13)11(7)14-8/h4,6,8H,2-3,5H2,1H3. The molecular weight excluding hydrogens is 186 g/mol.